The third kappa shape index (κ3) is 6.06. The van der Waals surface area contributed by atoms with Crippen LogP contribution in [0.2, 0.25) is 0 Å². The average Bonchev–Trinajstić information content (AvgIpc) is 3.52. The normalized spacial score (nSPS) is 33.8. The van der Waals surface area contributed by atoms with Crippen LogP contribution in [0.25, 0.3) is 0 Å². The van der Waals surface area contributed by atoms with Crippen LogP contribution in [0.3, 0.4) is 0 Å². The van der Waals surface area contributed by atoms with Gasteiger partial charge in [-0.25, -0.2) is 0 Å². The van der Waals surface area contributed by atoms with Gasteiger partial charge in [-0.3, -0.25) is 14.4 Å². The molecule has 8 atom stereocenters. The van der Waals surface area contributed by atoms with Crippen molar-refractivity contribution in [3.8, 4) is 11.5 Å². The van der Waals surface area contributed by atoms with Gasteiger partial charge in [-0.1, -0.05) is 19.4 Å². The third-order valence-corrected chi connectivity index (χ3v) is 7.76. The number of ether oxygens (including phenoxy) is 7. The fourth-order valence-electron chi connectivity index (χ4n) is 6.07. The number of nitrogens with zero attached hydrogens (tertiary/aromatic N) is 1. The van der Waals surface area contributed by atoms with Crippen LogP contribution in [-0.2, 0) is 38.1 Å². The number of ketones is 1. The summed E-state index contributed by atoms with van der Waals surface area (Å²) in [6.45, 7) is 6.27. The third-order valence-electron chi connectivity index (χ3n) is 7.76. The predicted molar refractivity (Wildman–Crippen MR) is 135 cm³/mol. The lowest BCUT2D eigenvalue weighted by atomic mass is 9.82. The van der Waals surface area contributed by atoms with E-state index in [0.29, 0.717) is 31.0 Å². The zero-order chi connectivity index (χ0) is 27.7. The number of likely N-dealkylation sites (N-methyl/N-ethyl adjacent to an activating group) is 1. The van der Waals surface area contributed by atoms with Gasteiger partial charge in [-0.2, -0.15) is 0 Å². The number of benzene rings is 1. The molecule has 11 heteroatoms. The van der Waals surface area contributed by atoms with Gasteiger partial charge in [0.25, 0.3) is 0 Å². The highest BCUT2D eigenvalue weighted by atomic mass is 16.7. The van der Waals surface area contributed by atoms with Crippen molar-refractivity contribution >= 4 is 17.7 Å². The Morgan fingerprint density at radius 2 is 1.74 bits per heavy atom. The summed E-state index contributed by atoms with van der Waals surface area (Å²) in [7, 11) is 1.98. The number of rotatable bonds is 8. The number of carbonyl (C=O) groups is 3. The number of hydrogen-bond donors (Lipinski definition) is 0. The Labute approximate surface area is 227 Å². The van der Waals surface area contributed by atoms with Gasteiger partial charge in [0.1, 0.15) is 24.1 Å². The van der Waals surface area contributed by atoms with E-state index >= 15 is 0 Å². The maximum atomic E-state index is 13.9. The SMILES string of the molecule is CCCC1OC[C@H]2O[C@@H](CC(=O)[C@H]3CN(C)C[C@@H]3c3ccc4c(c3)OCO4)[C@H](OC(C)=O)[C@@H](OC(C)=O)[C@@H]2O1. The largest absolute Gasteiger partial charge is 0.456 e. The van der Waals surface area contributed by atoms with Crippen LogP contribution in [0.4, 0.5) is 0 Å². The van der Waals surface area contributed by atoms with E-state index in [9.17, 15) is 14.4 Å². The summed E-state index contributed by atoms with van der Waals surface area (Å²) in [6, 6.07) is 5.79. The number of esters is 2. The molecule has 4 heterocycles. The highest BCUT2D eigenvalue weighted by Gasteiger charge is 2.54. The molecule has 1 aromatic carbocycles. The zero-order valence-corrected chi connectivity index (χ0v) is 22.8. The van der Waals surface area contributed by atoms with Crippen molar-refractivity contribution in [2.24, 2.45) is 5.92 Å². The summed E-state index contributed by atoms with van der Waals surface area (Å²) in [5.74, 6) is -0.121. The van der Waals surface area contributed by atoms with E-state index in [1.807, 2.05) is 32.2 Å². The number of Topliss-reactive ketones (excluding diaryl/α,β-unsaturated/α-hetero) is 1. The summed E-state index contributed by atoms with van der Waals surface area (Å²) < 4.78 is 40.6. The summed E-state index contributed by atoms with van der Waals surface area (Å²) in [5, 5.41) is 0. The molecule has 0 spiro atoms. The fraction of sp³-hybridized carbons (Fsp3) is 0.679. The Balaban J connectivity index is 1.37. The van der Waals surface area contributed by atoms with Gasteiger partial charge >= 0.3 is 11.9 Å². The van der Waals surface area contributed by atoms with Gasteiger partial charge in [0.15, 0.2) is 30.0 Å². The lowest BCUT2D eigenvalue weighted by Crippen LogP contribution is -2.65. The maximum absolute atomic E-state index is 13.9. The van der Waals surface area contributed by atoms with Crippen molar-refractivity contribution in [1.82, 2.24) is 4.90 Å². The quantitative estimate of drug-likeness (QED) is 0.446. The Bertz CT molecular complexity index is 1080. The predicted octanol–water partition coefficient (Wildman–Crippen LogP) is 2.19. The van der Waals surface area contributed by atoms with Gasteiger partial charge in [0.05, 0.1) is 6.61 Å². The van der Waals surface area contributed by atoms with Crippen molar-refractivity contribution in [2.75, 3.05) is 33.5 Å². The molecule has 3 fully saturated rings. The number of fused-ring (bicyclic) bond motifs is 2. The standard InChI is InChI=1S/C28H37NO10/c1-5-6-25-33-13-24-27(39-25)28(37-16(3)31)26(36-15(2)30)23(38-24)10-20(32)19-12-29(4)11-18(19)17-7-8-21-22(9-17)35-14-34-21/h7-9,18-19,23-28H,5-6,10-14H2,1-4H3/t18-,19+,23+,24-,25?,26+,27-,28-/m1/s1. The molecule has 5 rings (SSSR count). The molecule has 0 radical (unpaired) electrons. The molecule has 214 valence electrons. The second-order valence-electron chi connectivity index (χ2n) is 10.7. The lowest BCUT2D eigenvalue weighted by molar-refractivity contribution is -0.327. The maximum Gasteiger partial charge on any atom is 0.303 e. The van der Waals surface area contributed by atoms with Crippen LogP contribution in [-0.4, -0.2) is 93.0 Å². The summed E-state index contributed by atoms with van der Waals surface area (Å²) in [4.78, 5) is 40.2. The number of likely N-dealkylation sites (tertiary alicyclic amines) is 1. The molecule has 3 saturated heterocycles. The van der Waals surface area contributed by atoms with Gasteiger partial charge in [0, 0.05) is 45.2 Å². The van der Waals surface area contributed by atoms with E-state index in [1.54, 1.807) is 0 Å². The molecule has 0 saturated carbocycles. The second-order valence-corrected chi connectivity index (χ2v) is 10.7. The summed E-state index contributed by atoms with van der Waals surface area (Å²) in [5.41, 5.74) is 0.997. The Hall–Kier alpha value is -2.73. The smallest absolute Gasteiger partial charge is 0.303 e. The highest BCUT2D eigenvalue weighted by molar-refractivity contribution is 5.83. The van der Waals surface area contributed by atoms with E-state index in [4.69, 9.17) is 33.2 Å². The lowest BCUT2D eigenvalue weighted by Gasteiger charge is -2.48. The molecular formula is C28H37NO10. The Morgan fingerprint density at radius 1 is 1.00 bits per heavy atom. The van der Waals surface area contributed by atoms with Crippen LogP contribution in [0.5, 0.6) is 11.5 Å². The first-order valence-corrected chi connectivity index (χ1v) is 13.6. The Morgan fingerprint density at radius 3 is 2.49 bits per heavy atom. The average molecular weight is 548 g/mol. The molecule has 0 amide bonds. The molecule has 4 aliphatic heterocycles. The zero-order valence-electron chi connectivity index (χ0n) is 22.8. The highest BCUT2D eigenvalue weighted by Crippen LogP contribution is 2.41. The summed E-state index contributed by atoms with van der Waals surface area (Å²) in [6.07, 6.45) is -3.02. The van der Waals surface area contributed by atoms with Gasteiger partial charge in [-0.15, -0.1) is 0 Å². The summed E-state index contributed by atoms with van der Waals surface area (Å²) >= 11 is 0. The molecule has 0 bridgehead atoms. The van der Waals surface area contributed by atoms with Gasteiger partial charge < -0.3 is 38.1 Å². The van der Waals surface area contributed by atoms with Crippen LogP contribution in [0, 0.1) is 5.92 Å². The minimum absolute atomic E-state index is 0.0170. The minimum Gasteiger partial charge on any atom is -0.456 e. The van der Waals surface area contributed by atoms with Crippen LogP contribution >= 0.6 is 0 Å². The first-order chi connectivity index (χ1) is 18.7. The van der Waals surface area contributed by atoms with Gasteiger partial charge in [-0.05, 0) is 31.2 Å². The van der Waals surface area contributed by atoms with Crippen molar-refractivity contribution in [2.45, 2.75) is 82.8 Å². The molecule has 0 N–H and O–H groups in total. The fourth-order valence-corrected chi connectivity index (χ4v) is 6.07. The monoisotopic (exact) mass is 547 g/mol. The van der Waals surface area contributed by atoms with Gasteiger partial charge in [0.2, 0.25) is 6.79 Å². The van der Waals surface area contributed by atoms with Crippen molar-refractivity contribution in [3.05, 3.63) is 23.8 Å². The topological polar surface area (TPSA) is 119 Å². The number of hydrogen-bond acceptors (Lipinski definition) is 11. The molecule has 0 aliphatic carbocycles. The number of carbonyl (C=O) groups excluding carboxylic acids is 3. The van der Waals surface area contributed by atoms with Crippen LogP contribution in [0.15, 0.2) is 18.2 Å². The molecule has 39 heavy (non-hydrogen) atoms. The molecule has 1 aromatic rings. The van der Waals surface area contributed by atoms with E-state index in [1.165, 1.54) is 13.8 Å². The minimum atomic E-state index is -1.000. The van der Waals surface area contributed by atoms with Crippen molar-refractivity contribution < 1.29 is 47.5 Å². The molecule has 4 aliphatic rings. The first kappa shape index (κ1) is 27.8. The molecule has 11 nitrogen and oxygen atoms in total. The molecular weight excluding hydrogens is 510 g/mol. The first-order valence-electron chi connectivity index (χ1n) is 13.6. The molecule has 1 unspecified atom stereocenters. The van der Waals surface area contributed by atoms with E-state index < -0.39 is 48.7 Å². The van der Waals surface area contributed by atoms with Crippen molar-refractivity contribution in [1.29, 1.82) is 0 Å². The molecule has 0 aromatic heterocycles. The van der Waals surface area contributed by atoms with E-state index in [2.05, 4.69) is 4.90 Å². The van der Waals surface area contributed by atoms with E-state index in [0.717, 1.165) is 12.0 Å². The van der Waals surface area contributed by atoms with Crippen molar-refractivity contribution in [3.63, 3.8) is 0 Å². The second kappa shape index (κ2) is 11.8. The Kier molecular flexibility index (Phi) is 8.41. The van der Waals surface area contributed by atoms with E-state index in [-0.39, 0.29) is 37.4 Å². The van der Waals surface area contributed by atoms with Crippen LogP contribution < -0.4 is 9.47 Å². The van der Waals surface area contributed by atoms with Crippen LogP contribution in [0.1, 0.15) is 51.5 Å².